The number of aryl methyl sites for hydroxylation is 1. The Balaban J connectivity index is 2.19. The number of nitrogens with one attached hydrogen (secondary N) is 1. The van der Waals surface area contributed by atoms with Crippen molar-refractivity contribution >= 4 is 34.7 Å². The average Bonchev–Trinajstić information content (AvgIpc) is 2.91. The first-order valence-corrected chi connectivity index (χ1v) is 6.93. The van der Waals surface area contributed by atoms with Crippen molar-refractivity contribution in [3.8, 4) is 0 Å². The molecular formula is C12H12N4S2. The van der Waals surface area contributed by atoms with E-state index in [1.165, 1.54) is 0 Å². The molecule has 0 saturated carbocycles. The van der Waals surface area contributed by atoms with Gasteiger partial charge >= 0.3 is 0 Å². The summed E-state index contributed by atoms with van der Waals surface area (Å²) in [6.07, 6.45) is 1.78. The standard InChI is InChI=1S/C12H12N4S2/c1-7-6-18-11(14-7)8(2)16-10-9(15-12(16)17)4-3-5-13-10/h3-6,8H,1-2H3,(H,15,17). The molecule has 6 heteroatoms. The van der Waals surface area contributed by atoms with Crippen LogP contribution in [0.5, 0.6) is 0 Å². The predicted octanol–water partition coefficient (Wildman–Crippen LogP) is 3.47. The number of thiazole rings is 1. The molecule has 0 spiro atoms. The summed E-state index contributed by atoms with van der Waals surface area (Å²) in [7, 11) is 0. The van der Waals surface area contributed by atoms with E-state index in [9.17, 15) is 0 Å². The van der Waals surface area contributed by atoms with Gasteiger partial charge in [0.25, 0.3) is 0 Å². The van der Waals surface area contributed by atoms with Gasteiger partial charge in [-0.1, -0.05) is 0 Å². The van der Waals surface area contributed by atoms with Gasteiger partial charge in [-0.3, -0.25) is 4.57 Å². The molecule has 0 aliphatic carbocycles. The number of hydrogen-bond acceptors (Lipinski definition) is 4. The monoisotopic (exact) mass is 276 g/mol. The fourth-order valence-electron chi connectivity index (χ4n) is 1.99. The van der Waals surface area contributed by atoms with E-state index >= 15 is 0 Å². The zero-order valence-electron chi connectivity index (χ0n) is 10.0. The minimum absolute atomic E-state index is 0.0971. The van der Waals surface area contributed by atoms with Gasteiger partial charge in [0.05, 0.1) is 11.6 Å². The van der Waals surface area contributed by atoms with E-state index in [4.69, 9.17) is 12.2 Å². The van der Waals surface area contributed by atoms with Crippen LogP contribution in [0.25, 0.3) is 11.2 Å². The highest BCUT2D eigenvalue weighted by Gasteiger charge is 2.16. The Hall–Kier alpha value is -1.53. The Morgan fingerprint density at radius 1 is 1.50 bits per heavy atom. The Labute approximate surface area is 113 Å². The van der Waals surface area contributed by atoms with Crippen LogP contribution in [0.2, 0.25) is 0 Å². The first-order chi connectivity index (χ1) is 8.66. The molecule has 0 saturated heterocycles. The van der Waals surface area contributed by atoms with Crippen molar-refractivity contribution < 1.29 is 0 Å². The molecule has 1 N–H and O–H groups in total. The fraction of sp³-hybridized carbons (Fsp3) is 0.250. The van der Waals surface area contributed by atoms with Gasteiger partial charge in [0.1, 0.15) is 5.01 Å². The number of aromatic nitrogens is 4. The second-order valence-corrected chi connectivity index (χ2v) is 5.45. The van der Waals surface area contributed by atoms with Gasteiger partial charge in [0, 0.05) is 17.3 Å². The number of nitrogens with zero attached hydrogens (tertiary/aromatic N) is 3. The van der Waals surface area contributed by atoms with Crippen molar-refractivity contribution in [1.29, 1.82) is 0 Å². The van der Waals surface area contributed by atoms with Crippen LogP contribution in [-0.4, -0.2) is 19.5 Å². The highest BCUT2D eigenvalue weighted by molar-refractivity contribution is 7.71. The number of H-pyrrole nitrogens is 1. The van der Waals surface area contributed by atoms with E-state index < -0.39 is 0 Å². The average molecular weight is 276 g/mol. The topological polar surface area (TPSA) is 46.5 Å². The molecular weight excluding hydrogens is 264 g/mol. The van der Waals surface area contributed by atoms with Crippen molar-refractivity contribution in [1.82, 2.24) is 19.5 Å². The second-order valence-electron chi connectivity index (χ2n) is 4.18. The van der Waals surface area contributed by atoms with E-state index in [-0.39, 0.29) is 6.04 Å². The molecule has 0 amide bonds. The molecule has 0 aliphatic heterocycles. The van der Waals surface area contributed by atoms with E-state index in [0.717, 1.165) is 21.9 Å². The summed E-state index contributed by atoms with van der Waals surface area (Å²) >= 11 is 7.03. The zero-order chi connectivity index (χ0) is 12.7. The van der Waals surface area contributed by atoms with Gasteiger partial charge in [-0.25, -0.2) is 9.97 Å². The summed E-state index contributed by atoms with van der Waals surface area (Å²) in [4.78, 5) is 12.1. The Kier molecular flexibility index (Phi) is 2.76. The lowest BCUT2D eigenvalue weighted by molar-refractivity contribution is 0.638. The molecule has 1 atom stereocenters. The van der Waals surface area contributed by atoms with Crippen LogP contribution >= 0.6 is 23.6 Å². The third kappa shape index (κ3) is 1.77. The quantitative estimate of drug-likeness (QED) is 0.729. The molecule has 0 aromatic carbocycles. The van der Waals surface area contributed by atoms with E-state index in [1.54, 1.807) is 17.5 Å². The van der Waals surface area contributed by atoms with Crippen molar-refractivity contribution in [3.63, 3.8) is 0 Å². The minimum Gasteiger partial charge on any atom is -0.329 e. The van der Waals surface area contributed by atoms with Crippen molar-refractivity contribution in [3.05, 3.63) is 39.2 Å². The molecule has 3 heterocycles. The molecule has 3 rings (SSSR count). The van der Waals surface area contributed by atoms with E-state index in [2.05, 4.69) is 27.3 Å². The molecule has 92 valence electrons. The fourth-order valence-corrected chi connectivity index (χ4v) is 3.19. The first-order valence-electron chi connectivity index (χ1n) is 5.64. The van der Waals surface area contributed by atoms with Gasteiger partial charge in [-0.05, 0) is 38.2 Å². The number of hydrogen-bond donors (Lipinski definition) is 1. The first kappa shape index (κ1) is 11.6. The molecule has 3 aromatic heterocycles. The summed E-state index contributed by atoms with van der Waals surface area (Å²) in [6, 6.07) is 3.98. The maximum Gasteiger partial charge on any atom is 0.179 e. The van der Waals surface area contributed by atoms with Gasteiger partial charge in [0.2, 0.25) is 0 Å². The summed E-state index contributed by atoms with van der Waals surface area (Å²) in [6.45, 7) is 4.09. The number of imidazole rings is 1. The Bertz CT molecular complexity index is 753. The number of aromatic amines is 1. The molecule has 0 radical (unpaired) electrons. The molecule has 1 unspecified atom stereocenters. The summed E-state index contributed by atoms with van der Waals surface area (Å²) in [5.74, 6) is 0. The molecule has 4 nitrogen and oxygen atoms in total. The lowest BCUT2D eigenvalue weighted by atomic mass is 10.3. The lowest BCUT2D eigenvalue weighted by Gasteiger charge is -2.10. The Morgan fingerprint density at radius 2 is 2.33 bits per heavy atom. The SMILES string of the molecule is Cc1csc(C(C)n2c(=S)[nH]c3cccnc32)n1. The van der Waals surface area contributed by atoms with Gasteiger partial charge in [-0.15, -0.1) is 11.3 Å². The largest absolute Gasteiger partial charge is 0.329 e. The van der Waals surface area contributed by atoms with Crippen LogP contribution in [0.4, 0.5) is 0 Å². The smallest absolute Gasteiger partial charge is 0.179 e. The third-order valence-corrected chi connectivity index (χ3v) is 4.29. The second kappa shape index (κ2) is 4.29. The molecule has 18 heavy (non-hydrogen) atoms. The Morgan fingerprint density at radius 3 is 3.06 bits per heavy atom. The van der Waals surface area contributed by atoms with Crippen LogP contribution < -0.4 is 0 Å². The maximum atomic E-state index is 5.38. The summed E-state index contributed by atoms with van der Waals surface area (Å²) < 4.78 is 2.70. The molecule has 0 aliphatic rings. The van der Waals surface area contributed by atoms with Crippen molar-refractivity contribution in [2.45, 2.75) is 19.9 Å². The molecule has 3 aromatic rings. The van der Waals surface area contributed by atoms with Crippen molar-refractivity contribution in [2.75, 3.05) is 0 Å². The van der Waals surface area contributed by atoms with Gasteiger partial charge < -0.3 is 4.98 Å². The third-order valence-electron chi connectivity index (χ3n) is 2.86. The summed E-state index contributed by atoms with van der Waals surface area (Å²) in [5.41, 5.74) is 2.88. The predicted molar refractivity (Wildman–Crippen MR) is 75.6 cm³/mol. The van der Waals surface area contributed by atoms with Crippen LogP contribution in [0.3, 0.4) is 0 Å². The van der Waals surface area contributed by atoms with Crippen LogP contribution in [0, 0.1) is 11.7 Å². The highest BCUT2D eigenvalue weighted by Crippen LogP contribution is 2.25. The summed E-state index contributed by atoms with van der Waals surface area (Å²) in [5, 5.41) is 3.10. The van der Waals surface area contributed by atoms with Crippen LogP contribution in [-0.2, 0) is 0 Å². The highest BCUT2D eigenvalue weighted by atomic mass is 32.1. The zero-order valence-corrected chi connectivity index (χ0v) is 11.7. The number of pyridine rings is 1. The van der Waals surface area contributed by atoms with Crippen LogP contribution in [0.1, 0.15) is 23.7 Å². The van der Waals surface area contributed by atoms with Gasteiger partial charge in [0.15, 0.2) is 10.4 Å². The molecule has 0 fully saturated rings. The van der Waals surface area contributed by atoms with E-state index in [1.807, 2.05) is 23.6 Å². The normalized spacial score (nSPS) is 13.0. The molecule has 0 bridgehead atoms. The van der Waals surface area contributed by atoms with Gasteiger partial charge in [-0.2, -0.15) is 0 Å². The lowest BCUT2D eigenvalue weighted by Crippen LogP contribution is -2.07. The number of fused-ring (bicyclic) bond motifs is 1. The van der Waals surface area contributed by atoms with Crippen molar-refractivity contribution in [2.24, 2.45) is 0 Å². The number of rotatable bonds is 2. The van der Waals surface area contributed by atoms with E-state index in [0.29, 0.717) is 4.77 Å². The minimum atomic E-state index is 0.0971. The van der Waals surface area contributed by atoms with Crippen LogP contribution in [0.15, 0.2) is 23.7 Å². The maximum absolute atomic E-state index is 5.38.